The Bertz CT molecular complexity index is 1050. The van der Waals surface area contributed by atoms with E-state index in [2.05, 4.69) is 84.9 Å². The van der Waals surface area contributed by atoms with Gasteiger partial charge in [0.15, 0.2) is 0 Å². The first-order valence-corrected chi connectivity index (χ1v) is 15.5. The Morgan fingerprint density at radius 3 is 1.45 bits per heavy atom. The van der Waals surface area contributed by atoms with Crippen molar-refractivity contribution in [1.29, 1.82) is 0 Å². The van der Waals surface area contributed by atoms with Crippen molar-refractivity contribution in [1.82, 2.24) is 0 Å². The minimum atomic E-state index is -1.54. The largest absolute Gasteiger partial charge is 0.179 e. The Hall–Kier alpha value is -1.96. The Balaban J connectivity index is 0.000000124. The van der Waals surface area contributed by atoms with E-state index in [-0.39, 0.29) is 0 Å². The summed E-state index contributed by atoms with van der Waals surface area (Å²) in [4.78, 5) is 0. The van der Waals surface area contributed by atoms with Crippen LogP contribution in [0, 0.1) is 12.1 Å². The van der Waals surface area contributed by atoms with E-state index in [0.29, 0.717) is 0 Å². The van der Waals surface area contributed by atoms with Crippen molar-refractivity contribution >= 4 is 22.9 Å². The minimum Gasteiger partial charge on any atom is -0.179 e. The van der Waals surface area contributed by atoms with Gasteiger partial charge in [-0.15, -0.1) is 11.1 Å². The molecule has 3 heteroatoms. The van der Waals surface area contributed by atoms with Crippen LogP contribution in [0.15, 0.2) is 84.9 Å². The van der Waals surface area contributed by atoms with Crippen molar-refractivity contribution in [3.8, 4) is 22.3 Å². The molecule has 0 N–H and O–H groups in total. The fourth-order valence-corrected chi connectivity index (χ4v) is 4.00. The van der Waals surface area contributed by atoms with Gasteiger partial charge in [0.1, 0.15) is 0 Å². The van der Waals surface area contributed by atoms with Gasteiger partial charge < -0.3 is 0 Å². The summed E-state index contributed by atoms with van der Waals surface area (Å²) in [5.41, 5.74) is 11.0. The van der Waals surface area contributed by atoms with Gasteiger partial charge in [0.05, 0.1) is 0 Å². The first-order valence-electron chi connectivity index (χ1n) is 10.3. The molecule has 0 atom stereocenters. The number of hydrogen-bond acceptors (Lipinski definition) is 0. The van der Waals surface area contributed by atoms with Crippen LogP contribution in [0.2, 0.25) is 0 Å². The molecule has 0 nitrogen and oxygen atoms in total. The molecule has 154 valence electrons. The Morgan fingerprint density at radius 2 is 1.03 bits per heavy atom. The summed E-state index contributed by atoms with van der Waals surface area (Å²) in [7, 11) is 10.7. The molecule has 6 rings (SSSR count). The zero-order valence-corrected chi connectivity index (χ0v) is 20.4. The normalized spacial score (nSPS) is 11.5. The van der Waals surface area contributed by atoms with Crippen LogP contribution in [0.5, 0.6) is 0 Å². The van der Waals surface area contributed by atoms with Crippen LogP contribution in [0.1, 0.15) is 29.2 Å². The van der Waals surface area contributed by atoms with Crippen LogP contribution in [0.25, 0.3) is 22.3 Å². The van der Waals surface area contributed by atoms with Crippen LogP contribution in [0.3, 0.4) is 0 Å². The van der Waals surface area contributed by atoms with Crippen molar-refractivity contribution < 1.29 is 15.3 Å². The quantitative estimate of drug-likeness (QED) is 0.154. The van der Waals surface area contributed by atoms with Crippen molar-refractivity contribution in [2.75, 3.05) is 0 Å². The molecule has 0 fully saturated rings. The van der Waals surface area contributed by atoms with Crippen molar-refractivity contribution in [3.63, 3.8) is 0 Å². The van der Waals surface area contributed by atoms with Crippen molar-refractivity contribution in [2.24, 2.45) is 0 Å². The maximum Gasteiger partial charge on any atom is -0.0253 e. The Kier molecular flexibility index (Phi) is 7.59. The summed E-state index contributed by atoms with van der Waals surface area (Å²) < 4.78 is 1.86. The molecule has 31 heavy (non-hydrogen) atoms. The molecule has 0 heterocycles. The summed E-state index contributed by atoms with van der Waals surface area (Å²) in [6, 6.07) is 36.2. The molecule has 4 aromatic rings. The van der Waals surface area contributed by atoms with E-state index in [9.17, 15) is 0 Å². The van der Waals surface area contributed by atoms with E-state index in [1.165, 1.54) is 44.5 Å². The molecule has 0 spiro atoms. The van der Waals surface area contributed by atoms with Gasteiger partial charge in [-0.2, -0.15) is 59.7 Å². The van der Waals surface area contributed by atoms with E-state index >= 15 is 0 Å². The number of hydrogen-bond donors (Lipinski definition) is 0. The van der Waals surface area contributed by atoms with Gasteiger partial charge in [0.2, 0.25) is 0 Å². The second kappa shape index (κ2) is 10.6. The van der Waals surface area contributed by atoms with Gasteiger partial charge in [0.25, 0.3) is 0 Å². The maximum absolute atomic E-state index is 5.34. The van der Waals surface area contributed by atoms with Crippen LogP contribution in [-0.2, 0) is 28.1 Å². The first kappa shape index (κ1) is 22.2. The molecule has 0 aliphatic heterocycles. The van der Waals surface area contributed by atoms with Crippen LogP contribution in [0.4, 0.5) is 0 Å². The van der Waals surface area contributed by atoms with E-state index in [1.54, 1.807) is 0 Å². The molecule has 0 amide bonds. The predicted octanol–water partition coefficient (Wildman–Crippen LogP) is 7.85. The molecular formula is C28H22Cl2Ti-2. The summed E-state index contributed by atoms with van der Waals surface area (Å²) in [6.07, 6.45) is 2.10. The molecule has 2 aliphatic carbocycles. The standard InChI is InChI=1S/2C13H9.C2H4.2ClH.Ti/c2*1-3-7-12-10(5-1)9-11-6-2-4-8-13(11)12;1-2;;;/h2*1-5,7-8H,9H2;1H,2H3;2*1H;/q2*-1;;;;+2/p-2. The van der Waals surface area contributed by atoms with Gasteiger partial charge in [-0.3, -0.25) is 0 Å². The SMILES string of the molecule is C[CH]=[Ti]([Cl])[Cl].[c-]1cccc2c1Cc1ccccc1-2.[c-]1cccc2c1Cc1ccccc1-2. The van der Waals surface area contributed by atoms with E-state index in [4.69, 9.17) is 18.6 Å². The molecular weight excluding hydrogens is 455 g/mol. The third kappa shape index (κ3) is 5.28. The van der Waals surface area contributed by atoms with Crippen LogP contribution < -0.4 is 0 Å². The fraction of sp³-hybridized carbons (Fsp3) is 0.107. The van der Waals surface area contributed by atoms with E-state index < -0.39 is 15.3 Å². The minimum absolute atomic E-state index is 1.05. The van der Waals surface area contributed by atoms with Gasteiger partial charge in [-0.25, -0.2) is 0 Å². The zero-order chi connectivity index (χ0) is 21.6. The maximum atomic E-state index is 5.34. The van der Waals surface area contributed by atoms with Gasteiger partial charge in [-0.1, -0.05) is 70.8 Å². The summed E-state index contributed by atoms with van der Waals surface area (Å²) in [6.45, 7) is 1.88. The number of halogens is 2. The second-order valence-electron chi connectivity index (χ2n) is 7.37. The average molecular weight is 477 g/mol. The molecule has 0 aromatic heterocycles. The Morgan fingerprint density at radius 1 is 0.645 bits per heavy atom. The fourth-order valence-electron chi connectivity index (χ4n) is 4.00. The molecule has 0 saturated heterocycles. The summed E-state index contributed by atoms with van der Waals surface area (Å²) in [5, 5.41) is 0. The molecule has 4 aromatic carbocycles. The van der Waals surface area contributed by atoms with E-state index in [0.717, 1.165) is 12.8 Å². The number of fused-ring (bicyclic) bond motifs is 6. The smallest absolute Gasteiger partial charge is 0.0253 e. The monoisotopic (exact) mass is 476 g/mol. The van der Waals surface area contributed by atoms with Crippen LogP contribution in [-0.4, -0.2) is 4.31 Å². The van der Waals surface area contributed by atoms with Crippen LogP contribution >= 0.6 is 18.6 Å². The molecule has 0 saturated carbocycles. The van der Waals surface area contributed by atoms with Gasteiger partial charge in [-0.05, 0) is 12.8 Å². The number of rotatable bonds is 0. The molecule has 0 unspecified atom stereocenters. The van der Waals surface area contributed by atoms with Crippen molar-refractivity contribution in [2.45, 2.75) is 19.8 Å². The average Bonchev–Trinajstić information content (AvgIpc) is 3.38. The zero-order valence-electron chi connectivity index (χ0n) is 17.3. The predicted molar refractivity (Wildman–Crippen MR) is 130 cm³/mol. The summed E-state index contributed by atoms with van der Waals surface area (Å²) >= 11 is -1.54. The summed E-state index contributed by atoms with van der Waals surface area (Å²) in [5.74, 6) is 0. The Labute approximate surface area is 198 Å². The third-order valence-electron chi connectivity index (χ3n) is 5.45. The van der Waals surface area contributed by atoms with Crippen molar-refractivity contribution in [3.05, 3.63) is 119 Å². The molecule has 0 bridgehead atoms. The third-order valence-corrected chi connectivity index (χ3v) is 7.93. The van der Waals surface area contributed by atoms with E-state index in [1.807, 2.05) is 23.4 Å². The molecule has 2 aliphatic rings. The van der Waals surface area contributed by atoms with Gasteiger partial charge >= 0.3 is 45.1 Å². The second-order valence-corrected chi connectivity index (χ2v) is 13.3. The molecule has 0 radical (unpaired) electrons. The van der Waals surface area contributed by atoms with Gasteiger partial charge in [0, 0.05) is 0 Å². The first-order chi connectivity index (χ1) is 15.2. The topological polar surface area (TPSA) is 0 Å². The number of benzene rings is 4.